The van der Waals surface area contributed by atoms with E-state index in [9.17, 15) is 9.59 Å². The summed E-state index contributed by atoms with van der Waals surface area (Å²) in [7, 11) is 0. The van der Waals surface area contributed by atoms with Gasteiger partial charge in [-0.15, -0.1) is 0 Å². The van der Waals surface area contributed by atoms with E-state index in [1.807, 2.05) is 18.2 Å². The van der Waals surface area contributed by atoms with Gasteiger partial charge < -0.3 is 9.80 Å². The van der Waals surface area contributed by atoms with Gasteiger partial charge in [0.1, 0.15) is 0 Å². The standard InChI is InChI=1S/C20H18ClN3O2/c21-18-6-4-15(5-7-18)13-19(25)23-8-10-24(11-9-23)20(26)17-3-1-2-16(12-17)14-22/h1-7,12H,8-11,13H2. The van der Waals surface area contributed by atoms with Crippen molar-refractivity contribution in [1.29, 1.82) is 5.26 Å². The second-order valence-electron chi connectivity index (χ2n) is 6.17. The van der Waals surface area contributed by atoms with Crippen LogP contribution in [0.4, 0.5) is 0 Å². The van der Waals surface area contributed by atoms with E-state index in [4.69, 9.17) is 16.9 Å². The zero-order valence-corrected chi connectivity index (χ0v) is 14.9. The number of benzene rings is 2. The number of nitriles is 1. The van der Waals surface area contributed by atoms with Crippen molar-refractivity contribution >= 4 is 23.4 Å². The van der Waals surface area contributed by atoms with E-state index in [0.717, 1.165) is 5.56 Å². The third kappa shape index (κ3) is 4.22. The summed E-state index contributed by atoms with van der Waals surface area (Å²) in [6.07, 6.45) is 0.329. The molecule has 5 nitrogen and oxygen atoms in total. The Hall–Kier alpha value is -2.84. The Morgan fingerprint density at radius 2 is 1.65 bits per heavy atom. The van der Waals surface area contributed by atoms with Gasteiger partial charge in [-0.05, 0) is 35.9 Å². The van der Waals surface area contributed by atoms with Gasteiger partial charge in [0.05, 0.1) is 18.1 Å². The molecule has 0 atom stereocenters. The van der Waals surface area contributed by atoms with E-state index in [1.165, 1.54) is 0 Å². The van der Waals surface area contributed by atoms with E-state index in [2.05, 4.69) is 0 Å². The molecule has 1 saturated heterocycles. The number of carbonyl (C=O) groups excluding carboxylic acids is 2. The van der Waals surface area contributed by atoms with Crippen molar-refractivity contribution in [3.63, 3.8) is 0 Å². The number of nitrogens with zero attached hydrogens (tertiary/aromatic N) is 3. The van der Waals surface area contributed by atoms with Gasteiger partial charge >= 0.3 is 0 Å². The molecule has 2 aromatic carbocycles. The molecule has 132 valence electrons. The summed E-state index contributed by atoms with van der Waals surface area (Å²) in [6, 6.07) is 16.0. The average Bonchev–Trinajstić information content (AvgIpc) is 2.69. The average molecular weight is 368 g/mol. The van der Waals surface area contributed by atoms with Crippen LogP contribution in [0, 0.1) is 11.3 Å². The van der Waals surface area contributed by atoms with Crippen molar-refractivity contribution in [2.24, 2.45) is 0 Å². The van der Waals surface area contributed by atoms with Crippen molar-refractivity contribution in [3.8, 4) is 6.07 Å². The summed E-state index contributed by atoms with van der Waals surface area (Å²) in [4.78, 5) is 28.5. The van der Waals surface area contributed by atoms with Crippen LogP contribution in [0.1, 0.15) is 21.5 Å². The molecular weight excluding hydrogens is 350 g/mol. The Morgan fingerprint density at radius 1 is 1.00 bits per heavy atom. The Labute approximate surface area is 157 Å². The SMILES string of the molecule is N#Cc1cccc(C(=O)N2CCN(C(=O)Cc3ccc(Cl)cc3)CC2)c1. The molecule has 26 heavy (non-hydrogen) atoms. The molecule has 2 amide bonds. The largest absolute Gasteiger partial charge is 0.339 e. The molecule has 3 rings (SSSR count). The molecule has 0 aromatic heterocycles. The summed E-state index contributed by atoms with van der Waals surface area (Å²) >= 11 is 5.86. The monoisotopic (exact) mass is 367 g/mol. The maximum Gasteiger partial charge on any atom is 0.254 e. The van der Waals surface area contributed by atoms with E-state index in [-0.39, 0.29) is 11.8 Å². The molecule has 6 heteroatoms. The highest BCUT2D eigenvalue weighted by Gasteiger charge is 2.25. The number of halogens is 1. The van der Waals surface area contributed by atoms with Gasteiger partial charge in [0.2, 0.25) is 5.91 Å². The highest BCUT2D eigenvalue weighted by atomic mass is 35.5. The quantitative estimate of drug-likeness (QED) is 0.837. The molecule has 1 fully saturated rings. The smallest absolute Gasteiger partial charge is 0.254 e. The fraction of sp³-hybridized carbons (Fsp3) is 0.250. The minimum absolute atomic E-state index is 0.0471. The number of piperazine rings is 1. The fourth-order valence-electron chi connectivity index (χ4n) is 2.95. The van der Waals surface area contributed by atoms with Gasteiger partial charge in [-0.25, -0.2) is 0 Å². The highest BCUT2D eigenvalue weighted by molar-refractivity contribution is 6.30. The second-order valence-corrected chi connectivity index (χ2v) is 6.61. The molecule has 1 aliphatic rings. The maximum atomic E-state index is 12.6. The minimum Gasteiger partial charge on any atom is -0.339 e. The molecule has 0 saturated carbocycles. The molecule has 0 bridgehead atoms. The maximum absolute atomic E-state index is 12.6. The first-order chi connectivity index (χ1) is 12.6. The van der Waals surface area contributed by atoms with Gasteiger partial charge in [0.25, 0.3) is 5.91 Å². The van der Waals surface area contributed by atoms with Crippen LogP contribution in [0.25, 0.3) is 0 Å². The lowest BCUT2D eigenvalue weighted by Crippen LogP contribution is -2.51. The third-order valence-electron chi connectivity index (χ3n) is 4.43. The number of hydrogen-bond donors (Lipinski definition) is 0. The van der Waals surface area contributed by atoms with E-state index >= 15 is 0 Å². The van der Waals surface area contributed by atoms with Crippen LogP contribution in [0.5, 0.6) is 0 Å². The fourth-order valence-corrected chi connectivity index (χ4v) is 3.08. The summed E-state index contributed by atoms with van der Waals surface area (Å²) in [6.45, 7) is 2.00. The Balaban J connectivity index is 1.56. The molecule has 1 heterocycles. The Kier molecular flexibility index (Phi) is 5.55. The molecule has 0 spiro atoms. The zero-order valence-electron chi connectivity index (χ0n) is 14.2. The molecule has 0 N–H and O–H groups in total. The van der Waals surface area contributed by atoms with Crippen molar-refractivity contribution in [2.75, 3.05) is 26.2 Å². The van der Waals surface area contributed by atoms with Crippen LogP contribution < -0.4 is 0 Å². The van der Waals surface area contributed by atoms with Crippen molar-refractivity contribution in [1.82, 2.24) is 9.80 Å². The van der Waals surface area contributed by atoms with Gasteiger partial charge in [-0.2, -0.15) is 5.26 Å². The normalized spacial score (nSPS) is 14.0. The zero-order chi connectivity index (χ0) is 18.5. The second kappa shape index (κ2) is 8.03. The van der Waals surface area contributed by atoms with Crippen LogP contribution in [0.2, 0.25) is 5.02 Å². The van der Waals surface area contributed by atoms with Crippen LogP contribution in [0.15, 0.2) is 48.5 Å². The Bertz CT molecular complexity index is 850. The van der Waals surface area contributed by atoms with Gasteiger partial charge in [-0.1, -0.05) is 29.8 Å². The summed E-state index contributed by atoms with van der Waals surface area (Å²) < 4.78 is 0. The first kappa shape index (κ1) is 18.0. The summed E-state index contributed by atoms with van der Waals surface area (Å²) in [5, 5.41) is 9.61. The van der Waals surface area contributed by atoms with Crippen LogP contribution in [0.3, 0.4) is 0 Å². The van der Waals surface area contributed by atoms with Crippen LogP contribution in [-0.4, -0.2) is 47.8 Å². The predicted octanol–water partition coefficient (Wildman–Crippen LogP) is 2.74. The van der Waals surface area contributed by atoms with Crippen molar-refractivity contribution in [3.05, 3.63) is 70.2 Å². The highest BCUT2D eigenvalue weighted by Crippen LogP contribution is 2.13. The first-order valence-corrected chi connectivity index (χ1v) is 8.76. The lowest BCUT2D eigenvalue weighted by Gasteiger charge is -2.35. The van der Waals surface area contributed by atoms with E-state index < -0.39 is 0 Å². The van der Waals surface area contributed by atoms with E-state index in [1.54, 1.807) is 46.2 Å². The van der Waals surface area contributed by atoms with Crippen LogP contribution >= 0.6 is 11.6 Å². The molecule has 0 radical (unpaired) electrons. The molecule has 2 aromatic rings. The van der Waals surface area contributed by atoms with Crippen molar-refractivity contribution in [2.45, 2.75) is 6.42 Å². The molecule has 0 unspecified atom stereocenters. The molecule has 0 aliphatic carbocycles. The topological polar surface area (TPSA) is 64.4 Å². The van der Waals surface area contributed by atoms with Crippen molar-refractivity contribution < 1.29 is 9.59 Å². The van der Waals surface area contributed by atoms with Crippen LogP contribution in [-0.2, 0) is 11.2 Å². The Morgan fingerprint density at radius 3 is 2.31 bits per heavy atom. The van der Waals surface area contributed by atoms with Gasteiger partial charge in [-0.3, -0.25) is 9.59 Å². The third-order valence-corrected chi connectivity index (χ3v) is 4.68. The predicted molar refractivity (Wildman–Crippen MR) is 98.8 cm³/mol. The van der Waals surface area contributed by atoms with Gasteiger partial charge in [0.15, 0.2) is 0 Å². The lowest BCUT2D eigenvalue weighted by atomic mass is 10.1. The summed E-state index contributed by atoms with van der Waals surface area (Å²) in [5.74, 6) is -0.0576. The number of carbonyl (C=O) groups is 2. The van der Waals surface area contributed by atoms with Gasteiger partial charge in [0, 0.05) is 36.8 Å². The minimum atomic E-state index is -0.105. The molecule has 1 aliphatic heterocycles. The number of amides is 2. The summed E-state index contributed by atoms with van der Waals surface area (Å²) in [5.41, 5.74) is 1.89. The van der Waals surface area contributed by atoms with E-state index in [0.29, 0.717) is 48.7 Å². The first-order valence-electron chi connectivity index (χ1n) is 8.38. The lowest BCUT2D eigenvalue weighted by molar-refractivity contribution is -0.131. The molecular formula is C20H18ClN3O2. The number of rotatable bonds is 3. The number of hydrogen-bond acceptors (Lipinski definition) is 3.